The van der Waals surface area contributed by atoms with E-state index in [1.54, 1.807) is 18.6 Å². The van der Waals surface area contributed by atoms with E-state index in [-0.39, 0.29) is 12.0 Å². The van der Waals surface area contributed by atoms with Crippen LogP contribution in [0, 0.1) is 5.41 Å². The number of hydrogen-bond donors (Lipinski definition) is 2. The first-order chi connectivity index (χ1) is 7.26. The Labute approximate surface area is 90.8 Å². The van der Waals surface area contributed by atoms with E-state index in [0.29, 0.717) is 0 Å². The predicted octanol–water partition coefficient (Wildman–Crippen LogP) is 1.69. The summed E-state index contributed by atoms with van der Waals surface area (Å²) in [5, 5.41) is 12.6. The molecule has 2 N–H and O–H groups in total. The van der Waals surface area contributed by atoms with Crippen molar-refractivity contribution in [3.05, 3.63) is 18.6 Å². The molecule has 0 saturated carbocycles. The standard InChI is InChI=1S/C11H19N3O/c1-3-11(4-2,9-15)8-14-10-7-12-5-6-13-10/h5-7,15H,3-4,8-9H2,1-2H3,(H,13,14). The molecule has 0 aliphatic heterocycles. The predicted molar refractivity (Wildman–Crippen MR) is 60.6 cm³/mol. The van der Waals surface area contributed by atoms with Crippen LogP contribution in [0.5, 0.6) is 0 Å². The van der Waals surface area contributed by atoms with Crippen molar-refractivity contribution in [1.82, 2.24) is 9.97 Å². The van der Waals surface area contributed by atoms with Crippen LogP contribution in [0.3, 0.4) is 0 Å². The first kappa shape index (κ1) is 11.9. The molecule has 0 radical (unpaired) electrons. The van der Waals surface area contributed by atoms with E-state index in [2.05, 4.69) is 29.1 Å². The fourth-order valence-corrected chi connectivity index (χ4v) is 1.45. The van der Waals surface area contributed by atoms with E-state index in [1.165, 1.54) is 0 Å². The van der Waals surface area contributed by atoms with Crippen LogP contribution in [0.1, 0.15) is 26.7 Å². The summed E-state index contributed by atoms with van der Waals surface area (Å²) < 4.78 is 0. The van der Waals surface area contributed by atoms with Gasteiger partial charge in [-0.2, -0.15) is 0 Å². The Balaban J connectivity index is 2.54. The van der Waals surface area contributed by atoms with E-state index in [9.17, 15) is 5.11 Å². The monoisotopic (exact) mass is 209 g/mol. The smallest absolute Gasteiger partial charge is 0.144 e. The number of aromatic nitrogens is 2. The first-order valence-corrected chi connectivity index (χ1v) is 5.37. The summed E-state index contributed by atoms with van der Waals surface area (Å²) in [5.74, 6) is 0.761. The highest BCUT2D eigenvalue weighted by Crippen LogP contribution is 2.25. The normalized spacial score (nSPS) is 11.4. The highest BCUT2D eigenvalue weighted by molar-refractivity contribution is 5.30. The maximum Gasteiger partial charge on any atom is 0.144 e. The number of aliphatic hydroxyl groups excluding tert-OH is 1. The Morgan fingerprint density at radius 3 is 2.53 bits per heavy atom. The highest BCUT2D eigenvalue weighted by Gasteiger charge is 2.24. The third-order valence-electron chi connectivity index (χ3n) is 3.04. The molecule has 0 amide bonds. The maximum absolute atomic E-state index is 9.38. The van der Waals surface area contributed by atoms with Gasteiger partial charge in [-0.15, -0.1) is 0 Å². The van der Waals surface area contributed by atoms with E-state index in [1.807, 2.05) is 0 Å². The molecule has 15 heavy (non-hydrogen) atoms. The van der Waals surface area contributed by atoms with Gasteiger partial charge in [0, 0.05) is 24.4 Å². The van der Waals surface area contributed by atoms with Crippen molar-refractivity contribution in [3.8, 4) is 0 Å². The molecule has 0 bridgehead atoms. The van der Waals surface area contributed by atoms with Crippen LogP contribution in [-0.4, -0.2) is 28.2 Å². The number of rotatable bonds is 6. The number of anilines is 1. The Hall–Kier alpha value is -1.16. The molecule has 0 spiro atoms. The van der Waals surface area contributed by atoms with Gasteiger partial charge < -0.3 is 10.4 Å². The molecule has 0 saturated heterocycles. The van der Waals surface area contributed by atoms with Crippen LogP contribution in [0.25, 0.3) is 0 Å². The molecule has 0 aliphatic rings. The van der Waals surface area contributed by atoms with Crippen molar-refractivity contribution in [3.63, 3.8) is 0 Å². The lowest BCUT2D eigenvalue weighted by molar-refractivity contribution is 0.127. The van der Waals surface area contributed by atoms with Crippen molar-refractivity contribution >= 4 is 5.82 Å². The van der Waals surface area contributed by atoms with Crippen LogP contribution in [-0.2, 0) is 0 Å². The highest BCUT2D eigenvalue weighted by atomic mass is 16.3. The van der Waals surface area contributed by atoms with Crippen LogP contribution < -0.4 is 5.32 Å². The molecule has 1 rings (SSSR count). The first-order valence-electron chi connectivity index (χ1n) is 5.37. The van der Waals surface area contributed by atoms with E-state index < -0.39 is 0 Å². The second kappa shape index (κ2) is 5.66. The van der Waals surface area contributed by atoms with Gasteiger partial charge in [-0.25, -0.2) is 4.98 Å². The van der Waals surface area contributed by atoms with Gasteiger partial charge in [0.25, 0.3) is 0 Å². The van der Waals surface area contributed by atoms with Crippen LogP contribution in [0.4, 0.5) is 5.82 Å². The molecule has 0 aromatic carbocycles. The van der Waals surface area contributed by atoms with Crippen LogP contribution in [0.15, 0.2) is 18.6 Å². The minimum atomic E-state index is -0.0441. The molecule has 4 heteroatoms. The third-order valence-corrected chi connectivity index (χ3v) is 3.04. The van der Waals surface area contributed by atoms with Crippen LogP contribution in [0.2, 0.25) is 0 Å². The summed E-state index contributed by atoms with van der Waals surface area (Å²) in [6, 6.07) is 0. The number of aliphatic hydroxyl groups is 1. The molecular formula is C11H19N3O. The lowest BCUT2D eigenvalue weighted by Gasteiger charge is -2.29. The van der Waals surface area contributed by atoms with Crippen molar-refractivity contribution in [2.45, 2.75) is 26.7 Å². The van der Waals surface area contributed by atoms with Crippen molar-refractivity contribution in [2.75, 3.05) is 18.5 Å². The van der Waals surface area contributed by atoms with Gasteiger partial charge in [-0.05, 0) is 12.8 Å². The van der Waals surface area contributed by atoms with Gasteiger partial charge in [-0.1, -0.05) is 13.8 Å². The van der Waals surface area contributed by atoms with E-state index >= 15 is 0 Å². The minimum Gasteiger partial charge on any atom is -0.396 e. The zero-order valence-corrected chi connectivity index (χ0v) is 9.40. The van der Waals surface area contributed by atoms with E-state index in [4.69, 9.17) is 0 Å². The zero-order chi connectivity index (χ0) is 11.1. The second-order valence-corrected chi connectivity index (χ2v) is 3.81. The molecule has 84 valence electrons. The summed E-state index contributed by atoms with van der Waals surface area (Å²) >= 11 is 0. The molecule has 0 atom stereocenters. The largest absolute Gasteiger partial charge is 0.396 e. The fourth-order valence-electron chi connectivity index (χ4n) is 1.45. The minimum absolute atomic E-state index is 0.0441. The Kier molecular flexibility index (Phi) is 4.49. The summed E-state index contributed by atoms with van der Waals surface area (Å²) in [6.07, 6.45) is 6.89. The van der Waals surface area contributed by atoms with Crippen molar-refractivity contribution in [2.24, 2.45) is 5.41 Å². The fraction of sp³-hybridized carbons (Fsp3) is 0.636. The molecule has 1 aromatic rings. The van der Waals surface area contributed by atoms with Gasteiger partial charge >= 0.3 is 0 Å². The lowest BCUT2D eigenvalue weighted by atomic mass is 9.83. The van der Waals surface area contributed by atoms with Gasteiger partial charge in [0.2, 0.25) is 0 Å². The Bertz CT molecular complexity index is 264. The molecule has 1 aromatic heterocycles. The second-order valence-electron chi connectivity index (χ2n) is 3.81. The zero-order valence-electron chi connectivity index (χ0n) is 9.40. The SMILES string of the molecule is CCC(CC)(CO)CNc1cnccn1. The summed E-state index contributed by atoms with van der Waals surface area (Å²) in [7, 11) is 0. The average molecular weight is 209 g/mol. The van der Waals surface area contributed by atoms with Crippen LogP contribution >= 0.6 is 0 Å². The Morgan fingerprint density at radius 2 is 2.07 bits per heavy atom. The van der Waals surface area contributed by atoms with Gasteiger partial charge in [-0.3, -0.25) is 4.98 Å². The topological polar surface area (TPSA) is 58.0 Å². The van der Waals surface area contributed by atoms with Gasteiger partial charge in [0.15, 0.2) is 0 Å². The summed E-state index contributed by atoms with van der Waals surface area (Å²) in [5.41, 5.74) is -0.0441. The molecule has 1 heterocycles. The molecule has 0 aliphatic carbocycles. The number of nitrogens with one attached hydrogen (secondary N) is 1. The molecule has 0 fully saturated rings. The number of hydrogen-bond acceptors (Lipinski definition) is 4. The quantitative estimate of drug-likeness (QED) is 0.748. The summed E-state index contributed by atoms with van der Waals surface area (Å²) in [4.78, 5) is 8.10. The number of nitrogens with zero attached hydrogens (tertiary/aromatic N) is 2. The molecule has 0 unspecified atom stereocenters. The summed E-state index contributed by atoms with van der Waals surface area (Å²) in [6.45, 7) is 5.12. The Morgan fingerprint density at radius 1 is 1.33 bits per heavy atom. The average Bonchev–Trinajstić information content (AvgIpc) is 2.33. The maximum atomic E-state index is 9.38. The molecular weight excluding hydrogens is 190 g/mol. The van der Waals surface area contributed by atoms with Crippen molar-refractivity contribution in [1.29, 1.82) is 0 Å². The van der Waals surface area contributed by atoms with Gasteiger partial charge in [0.1, 0.15) is 5.82 Å². The van der Waals surface area contributed by atoms with Crippen molar-refractivity contribution < 1.29 is 5.11 Å². The lowest BCUT2D eigenvalue weighted by Crippen LogP contribution is -2.32. The third kappa shape index (κ3) is 3.16. The molecule has 4 nitrogen and oxygen atoms in total. The van der Waals surface area contributed by atoms with Gasteiger partial charge in [0.05, 0.1) is 12.8 Å². The van der Waals surface area contributed by atoms with E-state index in [0.717, 1.165) is 25.2 Å².